The van der Waals surface area contributed by atoms with Crippen LogP contribution < -0.4 is 5.73 Å². The number of phenols is 1. The van der Waals surface area contributed by atoms with Crippen LogP contribution in [0.25, 0.3) is 0 Å². The molecule has 1 rings (SSSR count). The molecule has 15 heavy (non-hydrogen) atoms. The van der Waals surface area contributed by atoms with Crippen LogP contribution in [0.2, 0.25) is 0 Å². The molecule has 0 bridgehead atoms. The van der Waals surface area contributed by atoms with Crippen LogP contribution in [-0.2, 0) is 11.2 Å². The zero-order valence-electron chi connectivity index (χ0n) is 8.52. The highest BCUT2D eigenvalue weighted by atomic mass is 16.3. The number of carbonyl (C=O) groups is 1. The second-order valence-electron chi connectivity index (χ2n) is 3.44. The molecule has 3 nitrogen and oxygen atoms in total. The maximum atomic E-state index is 11.4. The molecule has 0 unspecified atom stereocenters. The van der Waals surface area contributed by atoms with Crippen molar-refractivity contribution in [2.24, 2.45) is 5.73 Å². The second-order valence-corrected chi connectivity index (χ2v) is 3.44. The summed E-state index contributed by atoms with van der Waals surface area (Å²) < 4.78 is 0. The van der Waals surface area contributed by atoms with E-state index in [4.69, 9.17) is 10.8 Å². The fourth-order valence-corrected chi connectivity index (χ4v) is 1.29. The zero-order chi connectivity index (χ0) is 11.3. The first-order valence-corrected chi connectivity index (χ1v) is 4.80. The lowest BCUT2D eigenvalue weighted by Gasteiger charge is -2.09. The van der Waals surface area contributed by atoms with Gasteiger partial charge in [0.15, 0.2) is 5.78 Å². The van der Waals surface area contributed by atoms with E-state index >= 15 is 0 Å². The Morgan fingerprint density at radius 2 is 2.07 bits per heavy atom. The summed E-state index contributed by atoms with van der Waals surface area (Å²) in [5, 5.41) is 9.07. The Morgan fingerprint density at radius 1 is 1.47 bits per heavy atom. The van der Waals surface area contributed by atoms with Crippen LogP contribution >= 0.6 is 0 Å². The molecule has 0 aliphatic rings. The minimum atomic E-state index is -0.493. The van der Waals surface area contributed by atoms with Gasteiger partial charge in [0.1, 0.15) is 5.75 Å². The third-order valence-corrected chi connectivity index (χ3v) is 2.15. The van der Waals surface area contributed by atoms with Gasteiger partial charge in [-0.3, -0.25) is 4.79 Å². The molecule has 0 radical (unpaired) electrons. The number of allylic oxidation sites excluding steroid dienone is 1. The largest absolute Gasteiger partial charge is 0.508 e. The molecule has 0 amide bonds. The Kier molecular flexibility index (Phi) is 4.06. The smallest absolute Gasteiger partial charge is 0.153 e. The molecule has 80 valence electrons. The fourth-order valence-electron chi connectivity index (χ4n) is 1.29. The van der Waals surface area contributed by atoms with Gasteiger partial charge in [-0.05, 0) is 24.1 Å². The highest BCUT2D eigenvalue weighted by Crippen LogP contribution is 2.11. The molecule has 0 aromatic heterocycles. The number of carbonyl (C=O) groups excluding carboxylic acids is 1. The van der Waals surface area contributed by atoms with Crippen molar-refractivity contribution in [3.63, 3.8) is 0 Å². The van der Waals surface area contributed by atoms with E-state index in [1.807, 2.05) is 0 Å². The molecule has 0 saturated carbocycles. The third-order valence-electron chi connectivity index (χ3n) is 2.15. The van der Waals surface area contributed by atoms with Gasteiger partial charge in [0.2, 0.25) is 0 Å². The van der Waals surface area contributed by atoms with Gasteiger partial charge in [0, 0.05) is 6.42 Å². The molecular weight excluding hydrogens is 190 g/mol. The normalized spacial score (nSPS) is 12.1. The summed E-state index contributed by atoms with van der Waals surface area (Å²) in [6.07, 6.45) is 2.35. The number of ketones is 1. The van der Waals surface area contributed by atoms with E-state index in [0.29, 0.717) is 12.8 Å². The summed E-state index contributed by atoms with van der Waals surface area (Å²) in [7, 11) is 0. The summed E-state index contributed by atoms with van der Waals surface area (Å²) in [5.41, 5.74) is 6.66. The first-order chi connectivity index (χ1) is 7.13. The monoisotopic (exact) mass is 205 g/mol. The average molecular weight is 205 g/mol. The highest BCUT2D eigenvalue weighted by molar-refractivity contribution is 5.85. The second kappa shape index (κ2) is 5.32. The Bertz CT molecular complexity index is 343. The predicted octanol–water partition coefficient (Wildman–Crippen LogP) is 1.41. The van der Waals surface area contributed by atoms with Crippen molar-refractivity contribution in [1.29, 1.82) is 0 Å². The number of aromatic hydroxyl groups is 1. The molecule has 0 saturated heterocycles. The van der Waals surface area contributed by atoms with Gasteiger partial charge >= 0.3 is 0 Å². The number of phenolic OH excluding ortho intramolecular Hbond substituents is 1. The van der Waals surface area contributed by atoms with Gasteiger partial charge in [-0.15, -0.1) is 6.58 Å². The lowest BCUT2D eigenvalue weighted by atomic mass is 10.0. The van der Waals surface area contributed by atoms with Crippen LogP contribution in [-0.4, -0.2) is 16.9 Å². The molecule has 0 heterocycles. The van der Waals surface area contributed by atoms with E-state index < -0.39 is 6.04 Å². The molecular formula is C12H15NO2. The van der Waals surface area contributed by atoms with Crippen LogP contribution in [0, 0.1) is 0 Å². The van der Waals surface area contributed by atoms with Crippen LogP contribution in [0.15, 0.2) is 36.9 Å². The van der Waals surface area contributed by atoms with Crippen LogP contribution in [0.1, 0.15) is 12.0 Å². The van der Waals surface area contributed by atoms with Crippen molar-refractivity contribution in [2.45, 2.75) is 18.9 Å². The average Bonchev–Trinajstić information content (AvgIpc) is 2.22. The van der Waals surface area contributed by atoms with Crippen molar-refractivity contribution in [3.05, 3.63) is 42.5 Å². The first kappa shape index (κ1) is 11.5. The fraction of sp³-hybridized carbons (Fsp3) is 0.250. The topological polar surface area (TPSA) is 63.3 Å². The quantitative estimate of drug-likeness (QED) is 0.714. The third kappa shape index (κ3) is 3.56. The summed E-state index contributed by atoms with van der Waals surface area (Å²) in [6, 6.07) is 6.19. The van der Waals surface area contributed by atoms with Gasteiger partial charge in [-0.1, -0.05) is 18.2 Å². The number of rotatable bonds is 5. The number of nitrogens with two attached hydrogens (primary N) is 1. The Morgan fingerprint density at radius 3 is 2.60 bits per heavy atom. The van der Waals surface area contributed by atoms with Crippen LogP contribution in [0.5, 0.6) is 5.75 Å². The zero-order valence-corrected chi connectivity index (χ0v) is 8.52. The Hall–Kier alpha value is -1.61. The SMILES string of the molecule is C=CCC(=O)[C@@H](N)Cc1ccc(O)cc1. The molecule has 1 aromatic rings. The molecule has 3 N–H and O–H groups in total. The van der Waals surface area contributed by atoms with E-state index in [9.17, 15) is 4.79 Å². The summed E-state index contributed by atoms with van der Waals surface area (Å²) in [5.74, 6) is 0.197. The maximum absolute atomic E-state index is 11.4. The van der Waals surface area contributed by atoms with Gasteiger partial charge in [-0.25, -0.2) is 0 Å². The van der Waals surface area contributed by atoms with E-state index in [1.54, 1.807) is 30.3 Å². The molecule has 3 heteroatoms. The number of hydrogen-bond donors (Lipinski definition) is 2. The highest BCUT2D eigenvalue weighted by Gasteiger charge is 2.12. The Balaban J connectivity index is 2.57. The van der Waals surface area contributed by atoms with E-state index in [1.165, 1.54) is 0 Å². The van der Waals surface area contributed by atoms with Crippen molar-refractivity contribution in [2.75, 3.05) is 0 Å². The summed E-state index contributed by atoms with van der Waals surface area (Å²) in [4.78, 5) is 11.4. The molecule has 0 aliphatic carbocycles. The number of benzene rings is 1. The molecule has 0 fully saturated rings. The molecule has 1 atom stereocenters. The van der Waals surface area contributed by atoms with Crippen molar-refractivity contribution >= 4 is 5.78 Å². The van der Waals surface area contributed by atoms with Crippen LogP contribution in [0.4, 0.5) is 0 Å². The predicted molar refractivity (Wildman–Crippen MR) is 59.6 cm³/mol. The minimum Gasteiger partial charge on any atom is -0.508 e. The summed E-state index contributed by atoms with van der Waals surface area (Å²) >= 11 is 0. The minimum absolute atomic E-state index is 0.0157. The van der Waals surface area contributed by atoms with Crippen molar-refractivity contribution in [1.82, 2.24) is 0 Å². The van der Waals surface area contributed by atoms with Gasteiger partial charge in [0.05, 0.1) is 6.04 Å². The molecule has 0 aliphatic heterocycles. The molecule has 1 aromatic carbocycles. The van der Waals surface area contributed by atoms with Crippen molar-refractivity contribution in [3.8, 4) is 5.75 Å². The van der Waals surface area contributed by atoms with E-state index in [0.717, 1.165) is 5.56 Å². The molecule has 0 spiro atoms. The van der Waals surface area contributed by atoms with Gasteiger partial charge < -0.3 is 10.8 Å². The Labute approximate surface area is 89.2 Å². The van der Waals surface area contributed by atoms with Crippen molar-refractivity contribution < 1.29 is 9.90 Å². The maximum Gasteiger partial charge on any atom is 0.153 e. The standard InChI is InChI=1S/C12H15NO2/c1-2-3-12(15)11(13)8-9-4-6-10(14)7-5-9/h2,4-7,11,14H,1,3,8,13H2/t11-/m0/s1. The lowest BCUT2D eigenvalue weighted by Crippen LogP contribution is -2.32. The van der Waals surface area contributed by atoms with Crippen LogP contribution in [0.3, 0.4) is 0 Å². The first-order valence-electron chi connectivity index (χ1n) is 4.80. The van der Waals surface area contributed by atoms with Gasteiger partial charge in [0.25, 0.3) is 0 Å². The summed E-state index contributed by atoms with van der Waals surface area (Å²) in [6.45, 7) is 3.49. The number of hydrogen-bond acceptors (Lipinski definition) is 3. The van der Waals surface area contributed by atoms with E-state index in [-0.39, 0.29) is 11.5 Å². The van der Waals surface area contributed by atoms with Gasteiger partial charge in [-0.2, -0.15) is 0 Å². The number of Topliss-reactive ketones (excluding diaryl/α,β-unsaturated/α-hetero) is 1. The van der Waals surface area contributed by atoms with E-state index in [2.05, 4.69) is 6.58 Å². The lowest BCUT2D eigenvalue weighted by molar-refractivity contribution is -0.119.